The molecule has 0 heterocycles. The molecule has 0 atom stereocenters. The molecule has 0 radical (unpaired) electrons. The van der Waals surface area contributed by atoms with E-state index in [9.17, 15) is 13.2 Å². The molecule has 0 aromatic heterocycles. The van der Waals surface area contributed by atoms with Crippen LogP contribution < -0.4 is 5.73 Å². The molecule has 0 unspecified atom stereocenters. The zero-order chi connectivity index (χ0) is 9.30. The van der Waals surface area contributed by atoms with E-state index in [2.05, 4.69) is 15.9 Å². The van der Waals surface area contributed by atoms with Gasteiger partial charge in [0.15, 0.2) is 17.5 Å². The molecule has 2 N–H and O–H groups in total. The number of hydrogen-bond donors (Lipinski definition) is 1. The van der Waals surface area contributed by atoms with Crippen LogP contribution in [0.5, 0.6) is 0 Å². The van der Waals surface area contributed by atoms with Gasteiger partial charge in [0.2, 0.25) is 0 Å². The van der Waals surface area contributed by atoms with Gasteiger partial charge in [-0.3, -0.25) is 0 Å². The molecule has 0 fully saturated rings. The Balaban J connectivity index is 3.40. The second kappa shape index (κ2) is 3.35. The quantitative estimate of drug-likeness (QED) is 0.455. The Bertz CT molecular complexity index is 314. The van der Waals surface area contributed by atoms with Crippen LogP contribution in [0.1, 0.15) is 5.56 Å². The lowest BCUT2D eigenvalue weighted by Gasteiger charge is -2.04. The fourth-order valence-electron chi connectivity index (χ4n) is 0.787. The smallest absolute Gasteiger partial charge is 0.194 e. The molecule has 0 saturated carbocycles. The largest absolute Gasteiger partial charge is 0.398 e. The normalized spacial score (nSPS) is 10.3. The lowest BCUT2D eigenvalue weighted by Crippen LogP contribution is -2.01. The molecule has 1 aromatic rings. The van der Waals surface area contributed by atoms with Crippen LogP contribution in [-0.2, 0) is 5.33 Å². The highest BCUT2D eigenvalue weighted by molar-refractivity contribution is 9.08. The summed E-state index contributed by atoms with van der Waals surface area (Å²) in [7, 11) is 0. The van der Waals surface area contributed by atoms with Gasteiger partial charge in [-0.2, -0.15) is 0 Å². The maximum atomic E-state index is 12.8. The molecule has 0 bridgehead atoms. The third-order valence-corrected chi connectivity index (χ3v) is 1.99. The first kappa shape index (κ1) is 9.38. The second-order valence-electron chi connectivity index (χ2n) is 2.19. The van der Waals surface area contributed by atoms with Crippen LogP contribution in [0, 0.1) is 17.5 Å². The molecule has 0 aliphatic rings. The SMILES string of the molecule is Nc1cc(F)c(F)c(F)c1CBr. The summed E-state index contributed by atoms with van der Waals surface area (Å²) in [6.45, 7) is 0. The molecule has 1 aromatic carbocycles. The van der Waals surface area contributed by atoms with E-state index >= 15 is 0 Å². The van der Waals surface area contributed by atoms with E-state index in [0.29, 0.717) is 0 Å². The van der Waals surface area contributed by atoms with Crippen LogP contribution in [0.25, 0.3) is 0 Å². The van der Waals surface area contributed by atoms with Crippen LogP contribution in [0.2, 0.25) is 0 Å². The highest BCUT2D eigenvalue weighted by Gasteiger charge is 2.15. The zero-order valence-corrected chi connectivity index (χ0v) is 7.46. The summed E-state index contributed by atoms with van der Waals surface area (Å²) in [5, 5.41) is 0.0574. The number of alkyl halides is 1. The van der Waals surface area contributed by atoms with Gasteiger partial charge in [-0.15, -0.1) is 0 Å². The Hall–Kier alpha value is -0.710. The lowest BCUT2D eigenvalue weighted by atomic mass is 10.2. The number of halogens is 4. The molecule has 5 heteroatoms. The number of nitrogen functional groups attached to an aromatic ring is 1. The average molecular weight is 240 g/mol. The molecule has 0 aliphatic heterocycles. The van der Waals surface area contributed by atoms with E-state index in [-0.39, 0.29) is 16.6 Å². The van der Waals surface area contributed by atoms with Gasteiger partial charge in [0, 0.05) is 22.6 Å². The summed E-state index contributed by atoms with van der Waals surface area (Å²) in [6.07, 6.45) is 0. The topological polar surface area (TPSA) is 26.0 Å². The van der Waals surface area contributed by atoms with Crippen molar-refractivity contribution in [1.82, 2.24) is 0 Å². The molecule has 0 saturated heterocycles. The summed E-state index contributed by atoms with van der Waals surface area (Å²) in [5.41, 5.74) is 5.07. The highest BCUT2D eigenvalue weighted by Crippen LogP contribution is 2.23. The lowest BCUT2D eigenvalue weighted by molar-refractivity contribution is 0.444. The van der Waals surface area contributed by atoms with Gasteiger partial charge in [-0.25, -0.2) is 13.2 Å². The van der Waals surface area contributed by atoms with E-state index in [1.54, 1.807) is 0 Å². The minimum absolute atomic E-state index is 0.0574. The zero-order valence-electron chi connectivity index (χ0n) is 5.87. The molecule has 0 aliphatic carbocycles. The number of anilines is 1. The van der Waals surface area contributed by atoms with Gasteiger partial charge in [-0.05, 0) is 0 Å². The van der Waals surface area contributed by atoms with Crippen molar-refractivity contribution in [3.05, 3.63) is 29.1 Å². The fourth-order valence-corrected chi connectivity index (χ4v) is 1.36. The summed E-state index contributed by atoms with van der Waals surface area (Å²) in [4.78, 5) is 0. The van der Waals surface area contributed by atoms with Crippen molar-refractivity contribution in [2.75, 3.05) is 5.73 Å². The second-order valence-corrected chi connectivity index (χ2v) is 2.75. The number of hydrogen-bond acceptors (Lipinski definition) is 1. The van der Waals surface area contributed by atoms with Crippen molar-refractivity contribution in [2.45, 2.75) is 5.33 Å². The van der Waals surface area contributed by atoms with Crippen LogP contribution in [0.3, 0.4) is 0 Å². The summed E-state index contributed by atoms with van der Waals surface area (Å²) in [6, 6.07) is 0.759. The predicted molar refractivity (Wildman–Crippen MR) is 43.4 cm³/mol. The van der Waals surface area contributed by atoms with E-state index in [0.717, 1.165) is 6.07 Å². The number of rotatable bonds is 1. The predicted octanol–water partition coefficient (Wildman–Crippen LogP) is 2.58. The van der Waals surface area contributed by atoms with E-state index in [1.807, 2.05) is 0 Å². The molecule has 0 amide bonds. The Morgan fingerprint density at radius 3 is 2.33 bits per heavy atom. The van der Waals surface area contributed by atoms with Crippen LogP contribution in [0.4, 0.5) is 18.9 Å². The van der Waals surface area contributed by atoms with Crippen LogP contribution in [-0.4, -0.2) is 0 Å². The monoisotopic (exact) mass is 239 g/mol. The van der Waals surface area contributed by atoms with E-state index in [4.69, 9.17) is 5.73 Å². The Morgan fingerprint density at radius 1 is 1.25 bits per heavy atom. The van der Waals surface area contributed by atoms with Gasteiger partial charge in [0.05, 0.1) is 0 Å². The third-order valence-electron chi connectivity index (χ3n) is 1.43. The molecule has 0 spiro atoms. The van der Waals surface area contributed by atoms with Crippen molar-refractivity contribution >= 4 is 21.6 Å². The summed E-state index contributed by atoms with van der Waals surface area (Å²) >= 11 is 2.91. The van der Waals surface area contributed by atoms with Crippen LogP contribution in [0.15, 0.2) is 6.07 Å². The van der Waals surface area contributed by atoms with Gasteiger partial charge in [0.1, 0.15) is 0 Å². The van der Waals surface area contributed by atoms with Crippen molar-refractivity contribution in [3.8, 4) is 0 Å². The summed E-state index contributed by atoms with van der Waals surface area (Å²) in [5.74, 6) is -3.99. The van der Waals surface area contributed by atoms with Crippen molar-refractivity contribution in [3.63, 3.8) is 0 Å². The van der Waals surface area contributed by atoms with Gasteiger partial charge in [-0.1, -0.05) is 15.9 Å². The van der Waals surface area contributed by atoms with Crippen molar-refractivity contribution in [1.29, 1.82) is 0 Å². The minimum Gasteiger partial charge on any atom is -0.398 e. The fraction of sp³-hybridized carbons (Fsp3) is 0.143. The molecule has 1 rings (SSSR count). The molecule has 12 heavy (non-hydrogen) atoms. The average Bonchev–Trinajstić information content (AvgIpc) is 2.01. The minimum atomic E-state index is -1.49. The van der Waals surface area contributed by atoms with Crippen molar-refractivity contribution in [2.24, 2.45) is 0 Å². The van der Waals surface area contributed by atoms with Crippen LogP contribution >= 0.6 is 15.9 Å². The highest BCUT2D eigenvalue weighted by atomic mass is 79.9. The maximum absolute atomic E-state index is 12.8. The van der Waals surface area contributed by atoms with Gasteiger partial charge >= 0.3 is 0 Å². The first-order valence-corrected chi connectivity index (χ1v) is 4.18. The maximum Gasteiger partial charge on any atom is 0.194 e. The van der Waals surface area contributed by atoms with Gasteiger partial charge < -0.3 is 5.73 Å². The molecular weight excluding hydrogens is 235 g/mol. The Labute approximate surface area is 75.5 Å². The van der Waals surface area contributed by atoms with E-state index < -0.39 is 17.5 Å². The third kappa shape index (κ3) is 1.41. The summed E-state index contributed by atoms with van der Waals surface area (Å²) < 4.78 is 37.8. The number of nitrogens with two attached hydrogens (primary N) is 1. The standard InChI is InChI=1S/C7H5BrF3N/c8-2-3-5(12)1-4(9)7(11)6(3)10/h1H,2,12H2. The molecule has 1 nitrogen and oxygen atoms in total. The Morgan fingerprint density at radius 2 is 1.83 bits per heavy atom. The molecule has 66 valence electrons. The van der Waals surface area contributed by atoms with Gasteiger partial charge in [0.25, 0.3) is 0 Å². The first-order valence-electron chi connectivity index (χ1n) is 3.05. The Kier molecular flexibility index (Phi) is 2.62. The first-order chi connectivity index (χ1) is 5.57. The number of benzene rings is 1. The van der Waals surface area contributed by atoms with Crippen molar-refractivity contribution < 1.29 is 13.2 Å². The van der Waals surface area contributed by atoms with E-state index in [1.165, 1.54) is 0 Å². The molecular formula is C7H5BrF3N.